The van der Waals surface area contributed by atoms with Crippen LogP contribution in [0.25, 0.3) is 33.7 Å². The van der Waals surface area contributed by atoms with Gasteiger partial charge in [-0.2, -0.15) is 13.2 Å². The number of rotatable bonds is 3. The molecule has 2 aromatic heterocycles. The minimum absolute atomic E-state index is 0.0215. The van der Waals surface area contributed by atoms with Gasteiger partial charge in [-0.25, -0.2) is 9.67 Å². The zero-order valence-corrected chi connectivity index (χ0v) is 14.5. The smallest absolute Gasteiger partial charge is 0.417 e. The van der Waals surface area contributed by atoms with E-state index in [1.54, 1.807) is 16.8 Å². The number of oxazole rings is 1. The minimum Gasteiger partial charge on any atom is -0.444 e. The summed E-state index contributed by atoms with van der Waals surface area (Å²) in [5, 5.41) is 8.24. The number of halogens is 3. The van der Waals surface area contributed by atoms with Gasteiger partial charge in [0.15, 0.2) is 0 Å². The van der Waals surface area contributed by atoms with E-state index in [-0.39, 0.29) is 23.2 Å². The molecule has 0 unspecified atom stereocenters. The standard InChI is InChI=1S/C19H15F3N4O/c1-11(2)26-17-8-7-12(9-15(17)24-25-26)18-23-16(10-27-18)13-5-3-4-6-14(13)19(20,21)22/h3-11H,1-2H3. The normalized spacial score (nSPS) is 12.2. The van der Waals surface area contributed by atoms with Crippen molar-refractivity contribution < 1.29 is 17.6 Å². The second kappa shape index (κ2) is 6.22. The fourth-order valence-corrected chi connectivity index (χ4v) is 2.94. The minimum atomic E-state index is -4.47. The van der Waals surface area contributed by atoms with Gasteiger partial charge in [0.25, 0.3) is 0 Å². The summed E-state index contributed by atoms with van der Waals surface area (Å²) in [6.07, 6.45) is -3.24. The van der Waals surface area contributed by atoms with Gasteiger partial charge in [-0.3, -0.25) is 0 Å². The first-order valence-corrected chi connectivity index (χ1v) is 8.32. The van der Waals surface area contributed by atoms with Crippen molar-refractivity contribution in [1.29, 1.82) is 0 Å². The Labute approximate surface area is 152 Å². The monoisotopic (exact) mass is 372 g/mol. The lowest BCUT2D eigenvalue weighted by Crippen LogP contribution is -2.06. The summed E-state index contributed by atoms with van der Waals surface area (Å²) in [6.45, 7) is 4.00. The van der Waals surface area contributed by atoms with Crippen LogP contribution in [0.1, 0.15) is 25.5 Å². The van der Waals surface area contributed by atoms with E-state index in [1.807, 2.05) is 19.9 Å². The molecule has 5 nitrogen and oxygen atoms in total. The molecule has 2 heterocycles. The highest BCUT2D eigenvalue weighted by molar-refractivity contribution is 5.80. The van der Waals surface area contributed by atoms with Crippen LogP contribution in [-0.4, -0.2) is 20.0 Å². The second-order valence-corrected chi connectivity index (χ2v) is 6.41. The van der Waals surface area contributed by atoms with Crippen LogP contribution in [0, 0.1) is 0 Å². The van der Waals surface area contributed by atoms with Crippen molar-refractivity contribution in [2.75, 3.05) is 0 Å². The molecule has 0 aliphatic carbocycles. The Morgan fingerprint density at radius 1 is 1.07 bits per heavy atom. The number of alkyl halides is 3. The van der Waals surface area contributed by atoms with Gasteiger partial charge in [-0.1, -0.05) is 23.4 Å². The van der Waals surface area contributed by atoms with E-state index in [0.29, 0.717) is 11.1 Å². The average molecular weight is 372 g/mol. The zero-order valence-electron chi connectivity index (χ0n) is 14.5. The highest BCUT2D eigenvalue weighted by Crippen LogP contribution is 2.37. The van der Waals surface area contributed by atoms with Gasteiger partial charge in [-0.05, 0) is 38.1 Å². The molecule has 0 amide bonds. The molecule has 2 aromatic carbocycles. The number of aromatic nitrogens is 4. The van der Waals surface area contributed by atoms with Crippen LogP contribution in [0.3, 0.4) is 0 Å². The summed E-state index contributed by atoms with van der Waals surface area (Å²) in [5.74, 6) is 0.225. The molecule has 0 fully saturated rings. The third-order valence-electron chi connectivity index (χ3n) is 4.22. The first-order valence-electron chi connectivity index (χ1n) is 8.32. The van der Waals surface area contributed by atoms with E-state index in [9.17, 15) is 13.2 Å². The molecule has 0 spiro atoms. The van der Waals surface area contributed by atoms with E-state index >= 15 is 0 Å². The number of benzene rings is 2. The zero-order chi connectivity index (χ0) is 19.2. The molecule has 0 aliphatic heterocycles. The summed E-state index contributed by atoms with van der Waals surface area (Å²) in [4.78, 5) is 4.25. The fourth-order valence-electron chi connectivity index (χ4n) is 2.94. The number of fused-ring (bicyclic) bond motifs is 1. The summed E-state index contributed by atoms with van der Waals surface area (Å²) >= 11 is 0. The second-order valence-electron chi connectivity index (χ2n) is 6.41. The van der Waals surface area contributed by atoms with Crippen LogP contribution < -0.4 is 0 Å². The van der Waals surface area contributed by atoms with Crippen LogP contribution in [0.4, 0.5) is 13.2 Å². The van der Waals surface area contributed by atoms with Crippen molar-refractivity contribution in [3.05, 3.63) is 54.3 Å². The summed E-state index contributed by atoms with van der Waals surface area (Å²) in [6, 6.07) is 10.8. The molecule has 0 atom stereocenters. The van der Waals surface area contributed by atoms with Crippen molar-refractivity contribution >= 4 is 11.0 Å². The Morgan fingerprint density at radius 2 is 1.85 bits per heavy atom. The van der Waals surface area contributed by atoms with E-state index in [0.717, 1.165) is 11.6 Å². The molecule has 0 saturated carbocycles. The maximum Gasteiger partial charge on any atom is 0.417 e. The molecule has 138 valence electrons. The van der Waals surface area contributed by atoms with Gasteiger partial charge >= 0.3 is 6.18 Å². The van der Waals surface area contributed by atoms with Gasteiger partial charge in [0.1, 0.15) is 17.5 Å². The molecule has 0 radical (unpaired) electrons. The molecular formula is C19H15F3N4O. The quantitative estimate of drug-likeness (QED) is 0.486. The van der Waals surface area contributed by atoms with E-state index in [2.05, 4.69) is 15.3 Å². The Hall–Kier alpha value is -3.16. The van der Waals surface area contributed by atoms with Crippen LogP contribution >= 0.6 is 0 Å². The van der Waals surface area contributed by atoms with Gasteiger partial charge < -0.3 is 4.42 Å². The van der Waals surface area contributed by atoms with Gasteiger partial charge in [0, 0.05) is 17.2 Å². The van der Waals surface area contributed by atoms with Gasteiger partial charge in [0.05, 0.1) is 11.1 Å². The van der Waals surface area contributed by atoms with Crippen molar-refractivity contribution in [1.82, 2.24) is 20.0 Å². The van der Waals surface area contributed by atoms with Crippen molar-refractivity contribution in [2.45, 2.75) is 26.1 Å². The molecule has 0 N–H and O–H groups in total. The Balaban J connectivity index is 1.75. The van der Waals surface area contributed by atoms with Crippen LogP contribution in [0.5, 0.6) is 0 Å². The molecule has 8 heteroatoms. The van der Waals surface area contributed by atoms with Gasteiger partial charge in [-0.15, -0.1) is 5.10 Å². The Bertz CT molecular complexity index is 1110. The SMILES string of the molecule is CC(C)n1nnc2cc(-c3nc(-c4ccccc4C(F)(F)F)co3)ccc21. The van der Waals surface area contributed by atoms with Crippen LogP contribution in [0.2, 0.25) is 0 Å². The lowest BCUT2D eigenvalue weighted by molar-refractivity contribution is -0.137. The maximum atomic E-state index is 13.2. The predicted molar refractivity (Wildman–Crippen MR) is 93.8 cm³/mol. The summed E-state index contributed by atoms with van der Waals surface area (Å²) < 4.78 is 46.9. The Morgan fingerprint density at radius 3 is 2.59 bits per heavy atom. The van der Waals surface area contributed by atoms with Gasteiger partial charge in [0.2, 0.25) is 5.89 Å². The molecule has 0 aliphatic rings. The topological polar surface area (TPSA) is 56.7 Å². The lowest BCUT2D eigenvalue weighted by Gasteiger charge is -2.10. The summed E-state index contributed by atoms with van der Waals surface area (Å²) in [7, 11) is 0. The highest BCUT2D eigenvalue weighted by Gasteiger charge is 2.34. The number of hydrogen-bond donors (Lipinski definition) is 0. The van der Waals surface area contributed by atoms with Crippen LogP contribution in [-0.2, 0) is 6.18 Å². The first-order chi connectivity index (χ1) is 12.8. The van der Waals surface area contributed by atoms with E-state index in [1.165, 1.54) is 24.5 Å². The predicted octanol–water partition coefficient (Wildman–Crippen LogP) is 5.35. The molecule has 4 aromatic rings. The third-order valence-corrected chi connectivity index (χ3v) is 4.22. The van der Waals surface area contributed by atoms with E-state index < -0.39 is 11.7 Å². The molecular weight excluding hydrogens is 357 g/mol. The number of hydrogen-bond acceptors (Lipinski definition) is 4. The van der Waals surface area contributed by atoms with Crippen molar-refractivity contribution in [3.63, 3.8) is 0 Å². The fraction of sp³-hybridized carbons (Fsp3) is 0.211. The van der Waals surface area contributed by atoms with E-state index in [4.69, 9.17) is 4.42 Å². The lowest BCUT2D eigenvalue weighted by atomic mass is 10.1. The molecule has 0 bridgehead atoms. The van der Waals surface area contributed by atoms with Crippen molar-refractivity contribution in [2.24, 2.45) is 0 Å². The first kappa shape index (κ1) is 17.3. The number of nitrogens with zero attached hydrogens (tertiary/aromatic N) is 4. The Kier molecular flexibility index (Phi) is 3.98. The van der Waals surface area contributed by atoms with Crippen LogP contribution in [0.15, 0.2) is 53.1 Å². The average Bonchev–Trinajstić information content (AvgIpc) is 3.27. The molecule has 4 rings (SSSR count). The summed E-state index contributed by atoms with van der Waals surface area (Å²) in [5.41, 5.74) is 1.50. The molecule has 27 heavy (non-hydrogen) atoms. The highest BCUT2D eigenvalue weighted by atomic mass is 19.4. The largest absolute Gasteiger partial charge is 0.444 e. The van der Waals surface area contributed by atoms with Crippen molar-refractivity contribution in [3.8, 4) is 22.7 Å². The third kappa shape index (κ3) is 3.07. The maximum absolute atomic E-state index is 13.2. The molecule has 0 saturated heterocycles.